The number of piperidine rings is 1. The second-order valence-electron chi connectivity index (χ2n) is 6.14. The largest absolute Gasteiger partial charge is 0.326 e. The third-order valence-electron chi connectivity index (χ3n) is 4.08. The Kier molecular flexibility index (Phi) is 6.93. The number of hydrogen-bond acceptors (Lipinski definition) is 4. The fraction of sp³-hybridized carbons (Fsp3) is 0.500. The lowest BCUT2D eigenvalue weighted by Crippen LogP contribution is -2.33. The average Bonchev–Trinajstić information content (AvgIpc) is 2.59. The van der Waals surface area contributed by atoms with Crippen molar-refractivity contribution in [1.29, 1.82) is 0 Å². The van der Waals surface area contributed by atoms with Gasteiger partial charge < -0.3 is 10.2 Å². The van der Waals surface area contributed by atoms with Crippen molar-refractivity contribution in [3.05, 3.63) is 29.8 Å². The van der Waals surface area contributed by atoms with Crippen LogP contribution in [0.5, 0.6) is 0 Å². The average molecular weight is 330 g/mol. The number of likely N-dealkylation sites (tertiary alicyclic amines) is 1. The normalized spacial score (nSPS) is 15.8. The fourth-order valence-corrected chi connectivity index (χ4v) is 2.71. The van der Waals surface area contributed by atoms with Crippen LogP contribution in [0.4, 0.5) is 5.69 Å². The summed E-state index contributed by atoms with van der Waals surface area (Å²) in [6.45, 7) is 6.30. The highest BCUT2D eigenvalue weighted by Gasteiger charge is 2.11. The van der Waals surface area contributed by atoms with Gasteiger partial charge in [-0.15, -0.1) is 0 Å². The van der Waals surface area contributed by atoms with Gasteiger partial charge in [0.15, 0.2) is 0 Å². The minimum absolute atomic E-state index is 0.0604. The van der Waals surface area contributed by atoms with E-state index in [-0.39, 0.29) is 11.8 Å². The lowest BCUT2D eigenvalue weighted by molar-refractivity contribution is -0.121. The van der Waals surface area contributed by atoms with Gasteiger partial charge in [-0.05, 0) is 50.6 Å². The van der Waals surface area contributed by atoms with E-state index in [1.54, 1.807) is 0 Å². The first kappa shape index (κ1) is 18.1. The summed E-state index contributed by atoms with van der Waals surface area (Å²) >= 11 is 0. The van der Waals surface area contributed by atoms with Crippen molar-refractivity contribution >= 4 is 23.2 Å². The quantitative estimate of drug-likeness (QED) is 0.621. The van der Waals surface area contributed by atoms with E-state index in [4.69, 9.17) is 0 Å². The van der Waals surface area contributed by atoms with Gasteiger partial charge in [0, 0.05) is 25.6 Å². The zero-order valence-corrected chi connectivity index (χ0v) is 14.5. The molecule has 1 aliphatic heterocycles. The van der Waals surface area contributed by atoms with Crippen LogP contribution in [0.15, 0.2) is 29.4 Å². The predicted molar refractivity (Wildman–Crippen MR) is 96.0 cm³/mol. The number of carbonyl (C=O) groups is 2. The third-order valence-corrected chi connectivity index (χ3v) is 4.08. The lowest BCUT2D eigenvalue weighted by Gasteiger charge is -2.25. The molecule has 1 aromatic carbocycles. The van der Waals surface area contributed by atoms with Crippen LogP contribution >= 0.6 is 0 Å². The summed E-state index contributed by atoms with van der Waals surface area (Å²) in [7, 11) is 0. The summed E-state index contributed by atoms with van der Waals surface area (Å²) in [4.78, 5) is 25.2. The highest BCUT2D eigenvalue weighted by atomic mass is 16.2. The summed E-state index contributed by atoms with van der Waals surface area (Å²) in [6, 6.07) is 7.36. The van der Waals surface area contributed by atoms with Crippen molar-refractivity contribution in [2.24, 2.45) is 5.10 Å². The molecule has 0 radical (unpaired) electrons. The van der Waals surface area contributed by atoms with Crippen LogP contribution in [0.1, 0.15) is 45.1 Å². The van der Waals surface area contributed by atoms with Gasteiger partial charge in [0.2, 0.25) is 11.8 Å². The van der Waals surface area contributed by atoms with Gasteiger partial charge in [0.1, 0.15) is 0 Å². The molecule has 6 heteroatoms. The van der Waals surface area contributed by atoms with E-state index in [1.807, 2.05) is 31.2 Å². The first-order valence-corrected chi connectivity index (χ1v) is 8.48. The summed E-state index contributed by atoms with van der Waals surface area (Å²) in [5.41, 5.74) is 5.00. The Morgan fingerprint density at radius 2 is 1.75 bits per heavy atom. The number of hydrazone groups is 1. The number of anilines is 1. The van der Waals surface area contributed by atoms with Crippen LogP contribution in [-0.4, -0.2) is 42.1 Å². The second-order valence-corrected chi connectivity index (χ2v) is 6.14. The Labute approximate surface area is 143 Å². The Balaban J connectivity index is 1.79. The minimum Gasteiger partial charge on any atom is -0.326 e. The van der Waals surface area contributed by atoms with Crippen LogP contribution in [-0.2, 0) is 9.59 Å². The van der Waals surface area contributed by atoms with Gasteiger partial charge in [-0.25, -0.2) is 5.43 Å². The Morgan fingerprint density at radius 3 is 2.38 bits per heavy atom. The maximum absolute atomic E-state index is 11.9. The monoisotopic (exact) mass is 330 g/mol. The van der Waals surface area contributed by atoms with E-state index in [1.165, 1.54) is 26.2 Å². The Bertz CT molecular complexity index is 590. The predicted octanol–water partition coefficient (Wildman–Crippen LogP) is 2.36. The minimum atomic E-state index is -0.103. The Morgan fingerprint density at radius 1 is 1.08 bits per heavy atom. The van der Waals surface area contributed by atoms with E-state index in [9.17, 15) is 9.59 Å². The third kappa shape index (κ3) is 6.12. The maximum Gasteiger partial charge on any atom is 0.241 e. The molecule has 0 atom stereocenters. The summed E-state index contributed by atoms with van der Waals surface area (Å²) in [6.07, 6.45) is 4.23. The molecule has 1 heterocycles. The van der Waals surface area contributed by atoms with E-state index >= 15 is 0 Å². The Hall–Kier alpha value is -2.21. The summed E-state index contributed by atoms with van der Waals surface area (Å²) < 4.78 is 0. The molecular weight excluding hydrogens is 304 g/mol. The fourth-order valence-electron chi connectivity index (χ4n) is 2.71. The van der Waals surface area contributed by atoms with Crippen LogP contribution in [0.25, 0.3) is 0 Å². The number of carbonyl (C=O) groups excluding carboxylic acids is 2. The topological polar surface area (TPSA) is 73.8 Å². The number of amides is 2. The molecule has 0 aromatic heterocycles. The molecule has 0 unspecified atom stereocenters. The molecule has 1 fully saturated rings. The van der Waals surface area contributed by atoms with Crippen LogP contribution < -0.4 is 10.7 Å². The van der Waals surface area contributed by atoms with Gasteiger partial charge in [-0.2, -0.15) is 5.10 Å². The van der Waals surface area contributed by atoms with E-state index in [2.05, 4.69) is 20.7 Å². The van der Waals surface area contributed by atoms with Crippen molar-refractivity contribution in [3.63, 3.8) is 0 Å². The zero-order chi connectivity index (χ0) is 17.4. The van der Waals surface area contributed by atoms with Gasteiger partial charge >= 0.3 is 0 Å². The van der Waals surface area contributed by atoms with E-state index in [0.717, 1.165) is 36.6 Å². The standard InChI is InChI=1S/C18H26N4O2/c1-14(16-6-8-17(9-7-16)19-15(2)23)20-21-18(24)10-13-22-11-4-3-5-12-22/h6-9H,3-5,10-13H2,1-2H3,(H,19,23)(H,21,24)/b20-14-. The molecule has 2 N–H and O–H groups in total. The van der Waals surface area contributed by atoms with Gasteiger partial charge in [0.25, 0.3) is 0 Å². The van der Waals surface area contributed by atoms with Gasteiger partial charge in [-0.3, -0.25) is 9.59 Å². The SMILES string of the molecule is CC(=O)Nc1ccc(/C(C)=N\NC(=O)CCN2CCCCC2)cc1. The molecular formula is C18H26N4O2. The van der Waals surface area contributed by atoms with E-state index in [0.29, 0.717) is 6.42 Å². The highest BCUT2D eigenvalue weighted by Crippen LogP contribution is 2.10. The molecule has 0 aliphatic carbocycles. The number of nitrogens with one attached hydrogen (secondary N) is 2. The lowest BCUT2D eigenvalue weighted by atomic mass is 10.1. The summed E-state index contributed by atoms with van der Waals surface area (Å²) in [5, 5.41) is 6.88. The molecule has 1 aliphatic rings. The number of rotatable bonds is 6. The van der Waals surface area contributed by atoms with Crippen molar-refractivity contribution in [1.82, 2.24) is 10.3 Å². The van der Waals surface area contributed by atoms with Crippen LogP contribution in [0.2, 0.25) is 0 Å². The molecule has 2 amide bonds. The first-order chi connectivity index (χ1) is 11.5. The molecule has 0 spiro atoms. The van der Waals surface area contributed by atoms with Crippen LogP contribution in [0.3, 0.4) is 0 Å². The summed E-state index contributed by atoms with van der Waals surface area (Å²) in [5.74, 6) is -0.163. The zero-order valence-electron chi connectivity index (χ0n) is 14.5. The number of benzene rings is 1. The molecule has 1 aromatic rings. The van der Waals surface area contributed by atoms with Crippen molar-refractivity contribution in [2.75, 3.05) is 25.0 Å². The highest BCUT2D eigenvalue weighted by molar-refractivity contribution is 5.99. The van der Waals surface area contributed by atoms with Crippen molar-refractivity contribution in [2.45, 2.75) is 39.5 Å². The molecule has 2 rings (SSSR count). The smallest absolute Gasteiger partial charge is 0.241 e. The van der Waals surface area contributed by atoms with Gasteiger partial charge in [-0.1, -0.05) is 18.6 Å². The van der Waals surface area contributed by atoms with Crippen molar-refractivity contribution < 1.29 is 9.59 Å². The number of hydrogen-bond donors (Lipinski definition) is 2. The molecule has 6 nitrogen and oxygen atoms in total. The van der Waals surface area contributed by atoms with Crippen LogP contribution in [0, 0.1) is 0 Å². The van der Waals surface area contributed by atoms with Crippen molar-refractivity contribution in [3.8, 4) is 0 Å². The van der Waals surface area contributed by atoms with E-state index < -0.39 is 0 Å². The molecule has 1 saturated heterocycles. The van der Waals surface area contributed by atoms with Gasteiger partial charge in [0.05, 0.1) is 5.71 Å². The molecule has 0 saturated carbocycles. The molecule has 24 heavy (non-hydrogen) atoms. The molecule has 0 bridgehead atoms. The molecule has 130 valence electrons. The second kappa shape index (κ2) is 9.17. The number of nitrogens with zero attached hydrogens (tertiary/aromatic N) is 2. The maximum atomic E-state index is 11.9. The first-order valence-electron chi connectivity index (χ1n) is 8.48.